The largest absolute Gasteiger partial charge is 0.378 e. The Kier molecular flexibility index (Phi) is 5.00. The molecule has 4 heteroatoms. The highest BCUT2D eigenvalue weighted by atomic mass is 16.5. The summed E-state index contributed by atoms with van der Waals surface area (Å²) in [5.41, 5.74) is 7.88. The van der Waals surface area contributed by atoms with E-state index in [1.165, 1.54) is 0 Å². The number of carbonyl (C=O) groups excluding carboxylic acids is 1. The van der Waals surface area contributed by atoms with Crippen molar-refractivity contribution in [3.63, 3.8) is 0 Å². The van der Waals surface area contributed by atoms with Gasteiger partial charge in [-0.1, -0.05) is 11.8 Å². The number of ether oxygens (including phenoxy) is 1. The number of nitrogens with one attached hydrogen (secondary N) is 1. The molecule has 2 rings (SSSR count). The van der Waals surface area contributed by atoms with Crippen LogP contribution in [0.5, 0.6) is 0 Å². The van der Waals surface area contributed by atoms with E-state index >= 15 is 0 Å². The Balaban J connectivity index is 1.99. The molecule has 0 aromatic heterocycles. The number of hydrogen-bond acceptors (Lipinski definition) is 3. The lowest BCUT2D eigenvalue weighted by molar-refractivity contribution is -0.129. The number of aryl methyl sites for hydroxylation is 1. The van der Waals surface area contributed by atoms with Gasteiger partial charge in [0.25, 0.3) is 0 Å². The van der Waals surface area contributed by atoms with Gasteiger partial charge >= 0.3 is 0 Å². The SMILES string of the molecule is COC1(CC(=O)Nc2ccc(C#CCN)c(C)c2)CCC1. The molecule has 1 fully saturated rings. The van der Waals surface area contributed by atoms with Crippen LogP contribution >= 0.6 is 0 Å². The van der Waals surface area contributed by atoms with E-state index < -0.39 is 0 Å². The monoisotopic (exact) mass is 286 g/mol. The van der Waals surface area contributed by atoms with Crippen LogP contribution in [0.3, 0.4) is 0 Å². The molecule has 0 aliphatic heterocycles. The molecular weight excluding hydrogens is 264 g/mol. The number of benzene rings is 1. The van der Waals surface area contributed by atoms with Gasteiger partial charge in [-0.3, -0.25) is 4.79 Å². The van der Waals surface area contributed by atoms with Gasteiger partial charge in [-0.15, -0.1) is 0 Å². The molecule has 4 nitrogen and oxygen atoms in total. The predicted molar refractivity (Wildman–Crippen MR) is 83.9 cm³/mol. The van der Waals surface area contributed by atoms with Crippen LogP contribution in [0.25, 0.3) is 0 Å². The molecule has 0 radical (unpaired) electrons. The first-order valence-corrected chi connectivity index (χ1v) is 7.23. The second kappa shape index (κ2) is 6.75. The number of anilines is 1. The quantitative estimate of drug-likeness (QED) is 0.834. The molecule has 1 aliphatic carbocycles. The van der Waals surface area contributed by atoms with Crippen LogP contribution in [0.4, 0.5) is 5.69 Å². The maximum atomic E-state index is 12.1. The fraction of sp³-hybridized carbons (Fsp3) is 0.471. The van der Waals surface area contributed by atoms with Gasteiger partial charge in [0, 0.05) is 18.4 Å². The highest BCUT2D eigenvalue weighted by Crippen LogP contribution is 2.38. The van der Waals surface area contributed by atoms with Crippen LogP contribution in [0.1, 0.15) is 36.8 Å². The molecule has 0 atom stereocenters. The fourth-order valence-corrected chi connectivity index (χ4v) is 2.55. The van der Waals surface area contributed by atoms with Crippen molar-refractivity contribution in [3.8, 4) is 11.8 Å². The summed E-state index contributed by atoms with van der Waals surface area (Å²) in [6.07, 6.45) is 3.47. The summed E-state index contributed by atoms with van der Waals surface area (Å²) in [7, 11) is 1.68. The molecule has 112 valence electrons. The number of carbonyl (C=O) groups is 1. The molecule has 0 unspecified atom stereocenters. The Bertz CT molecular complexity index is 575. The molecule has 0 saturated heterocycles. The van der Waals surface area contributed by atoms with Gasteiger partial charge in [0.1, 0.15) is 0 Å². The molecule has 0 bridgehead atoms. The molecular formula is C17H22N2O2. The van der Waals surface area contributed by atoms with E-state index in [4.69, 9.17) is 10.5 Å². The molecule has 1 amide bonds. The number of hydrogen-bond donors (Lipinski definition) is 2. The van der Waals surface area contributed by atoms with E-state index in [2.05, 4.69) is 17.2 Å². The van der Waals surface area contributed by atoms with Crippen molar-refractivity contribution < 1.29 is 9.53 Å². The van der Waals surface area contributed by atoms with Crippen LogP contribution < -0.4 is 11.1 Å². The molecule has 1 aromatic carbocycles. The molecule has 3 N–H and O–H groups in total. The lowest BCUT2D eigenvalue weighted by atomic mass is 9.77. The zero-order valence-corrected chi connectivity index (χ0v) is 12.7. The topological polar surface area (TPSA) is 64.3 Å². The second-order valence-corrected chi connectivity index (χ2v) is 5.50. The van der Waals surface area contributed by atoms with Crippen LogP contribution in [0, 0.1) is 18.8 Å². The Morgan fingerprint density at radius 2 is 2.24 bits per heavy atom. The van der Waals surface area contributed by atoms with Gasteiger partial charge in [0.15, 0.2) is 0 Å². The third kappa shape index (κ3) is 3.84. The molecule has 21 heavy (non-hydrogen) atoms. The van der Waals surface area contributed by atoms with Crippen molar-refractivity contribution in [1.82, 2.24) is 0 Å². The summed E-state index contributed by atoms with van der Waals surface area (Å²) in [5.74, 6) is 5.84. The second-order valence-electron chi connectivity index (χ2n) is 5.50. The normalized spacial score (nSPS) is 15.6. The van der Waals surface area contributed by atoms with Gasteiger partial charge < -0.3 is 15.8 Å². The minimum Gasteiger partial charge on any atom is -0.378 e. The zero-order chi connectivity index (χ0) is 15.3. The lowest BCUT2D eigenvalue weighted by Gasteiger charge is -2.39. The summed E-state index contributed by atoms with van der Waals surface area (Å²) in [6, 6.07) is 5.70. The number of amides is 1. The Morgan fingerprint density at radius 1 is 1.48 bits per heavy atom. The minimum atomic E-state index is -0.244. The molecule has 1 saturated carbocycles. The van der Waals surface area contributed by atoms with E-state index in [9.17, 15) is 4.79 Å². The van der Waals surface area contributed by atoms with Crippen molar-refractivity contribution in [2.24, 2.45) is 5.73 Å². The highest BCUT2D eigenvalue weighted by Gasteiger charge is 2.38. The van der Waals surface area contributed by atoms with Crippen molar-refractivity contribution in [3.05, 3.63) is 29.3 Å². The average molecular weight is 286 g/mol. The summed E-state index contributed by atoms with van der Waals surface area (Å²) >= 11 is 0. The smallest absolute Gasteiger partial charge is 0.227 e. The van der Waals surface area contributed by atoms with Crippen LogP contribution in [0.2, 0.25) is 0 Å². The van der Waals surface area contributed by atoms with Gasteiger partial charge in [0.05, 0.1) is 18.6 Å². The number of rotatable bonds is 4. The van der Waals surface area contributed by atoms with Gasteiger partial charge in [0.2, 0.25) is 5.91 Å². The number of methoxy groups -OCH3 is 1. The van der Waals surface area contributed by atoms with Crippen LogP contribution in [-0.2, 0) is 9.53 Å². The Labute approximate surface area is 126 Å². The van der Waals surface area contributed by atoms with E-state index in [1.54, 1.807) is 7.11 Å². The summed E-state index contributed by atoms with van der Waals surface area (Å²) in [5, 5.41) is 2.93. The number of nitrogens with two attached hydrogens (primary N) is 1. The summed E-state index contributed by atoms with van der Waals surface area (Å²) < 4.78 is 5.48. The summed E-state index contributed by atoms with van der Waals surface area (Å²) in [4.78, 5) is 12.1. The lowest BCUT2D eigenvalue weighted by Crippen LogP contribution is -2.42. The maximum absolute atomic E-state index is 12.1. The van der Waals surface area contributed by atoms with Crippen molar-refractivity contribution in [2.75, 3.05) is 19.0 Å². The van der Waals surface area contributed by atoms with Crippen molar-refractivity contribution in [2.45, 2.75) is 38.2 Å². The third-order valence-corrected chi connectivity index (χ3v) is 4.02. The first-order chi connectivity index (χ1) is 10.1. The predicted octanol–water partition coefficient (Wildman–Crippen LogP) is 2.20. The van der Waals surface area contributed by atoms with E-state index in [0.29, 0.717) is 13.0 Å². The maximum Gasteiger partial charge on any atom is 0.227 e. The third-order valence-electron chi connectivity index (χ3n) is 4.02. The molecule has 1 aromatic rings. The minimum absolute atomic E-state index is 0.00302. The van der Waals surface area contributed by atoms with E-state index in [-0.39, 0.29) is 11.5 Å². The first-order valence-electron chi connectivity index (χ1n) is 7.23. The fourth-order valence-electron chi connectivity index (χ4n) is 2.55. The first kappa shape index (κ1) is 15.6. The van der Waals surface area contributed by atoms with Gasteiger partial charge in [-0.2, -0.15) is 0 Å². The van der Waals surface area contributed by atoms with Crippen molar-refractivity contribution in [1.29, 1.82) is 0 Å². The molecule has 0 spiro atoms. The van der Waals surface area contributed by atoms with Crippen LogP contribution in [-0.4, -0.2) is 25.2 Å². The van der Waals surface area contributed by atoms with Gasteiger partial charge in [-0.05, 0) is 49.9 Å². The highest BCUT2D eigenvalue weighted by molar-refractivity contribution is 5.91. The van der Waals surface area contributed by atoms with Crippen LogP contribution in [0.15, 0.2) is 18.2 Å². The Hall–Kier alpha value is -1.83. The van der Waals surface area contributed by atoms with Gasteiger partial charge in [-0.25, -0.2) is 0 Å². The van der Waals surface area contributed by atoms with E-state index in [1.807, 2.05) is 25.1 Å². The molecule has 0 heterocycles. The Morgan fingerprint density at radius 3 is 2.76 bits per heavy atom. The van der Waals surface area contributed by atoms with Crippen molar-refractivity contribution >= 4 is 11.6 Å². The molecule has 1 aliphatic rings. The zero-order valence-electron chi connectivity index (χ0n) is 12.7. The van der Waals surface area contributed by atoms with E-state index in [0.717, 1.165) is 36.1 Å². The standard InChI is InChI=1S/C17H22N2O2/c1-13-11-15(7-6-14(13)5-3-10-18)19-16(20)12-17(21-2)8-4-9-17/h6-7,11H,4,8-10,12,18H2,1-2H3,(H,19,20). The summed E-state index contributed by atoms with van der Waals surface area (Å²) in [6.45, 7) is 2.32. The average Bonchev–Trinajstić information content (AvgIpc) is 2.42.